The minimum absolute atomic E-state index is 0.0701. The summed E-state index contributed by atoms with van der Waals surface area (Å²) in [6, 6.07) is 4.28. The topological polar surface area (TPSA) is 74.2 Å². The van der Waals surface area contributed by atoms with Gasteiger partial charge in [0.15, 0.2) is 6.61 Å². The summed E-state index contributed by atoms with van der Waals surface area (Å²) in [4.78, 5) is 3.84. The predicted octanol–water partition coefficient (Wildman–Crippen LogP) is 1.68. The maximum Gasteiger partial charge on any atom is 0.213 e. The fourth-order valence-corrected chi connectivity index (χ4v) is 1.59. The van der Waals surface area contributed by atoms with Gasteiger partial charge in [-0.2, -0.15) is 4.98 Å². The molecule has 1 atom stereocenters. The van der Waals surface area contributed by atoms with Crippen molar-refractivity contribution in [1.29, 1.82) is 0 Å². The van der Waals surface area contributed by atoms with Gasteiger partial charge in [-0.25, -0.2) is 4.39 Å². The number of hydrogen-bond donors (Lipinski definition) is 1. The molecule has 0 saturated heterocycles. The molecule has 0 aliphatic rings. The zero-order valence-corrected chi connectivity index (χ0v) is 9.97. The highest BCUT2D eigenvalue weighted by molar-refractivity contribution is 5.34. The van der Waals surface area contributed by atoms with Crippen molar-refractivity contribution in [2.45, 2.75) is 26.0 Å². The van der Waals surface area contributed by atoms with E-state index in [0.29, 0.717) is 18.0 Å². The molecule has 2 rings (SSSR count). The molecule has 0 aliphatic carbocycles. The molecule has 1 aromatic heterocycles. The van der Waals surface area contributed by atoms with E-state index in [4.69, 9.17) is 10.5 Å². The summed E-state index contributed by atoms with van der Waals surface area (Å²) < 4.78 is 23.3. The third-order valence-electron chi connectivity index (χ3n) is 2.33. The summed E-state index contributed by atoms with van der Waals surface area (Å²) in [5.74, 6) is 0.710. The lowest BCUT2D eigenvalue weighted by atomic mass is 10.1. The Labute approximate surface area is 104 Å². The molecule has 1 aromatic carbocycles. The Morgan fingerprint density at radius 1 is 1.50 bits per heavy atom. The number of nitrogens with two attached hydrogens (primary N) is 1. The maximum absolute atomic E-state index is 13.2. The second-order valence-corrected chi connectivity index (χ2v) is 4.07. The van der Waals surface area contributed by atoms with Gasteiger partial charge in [-0.05, 0) is 37.1 Å². The molecule has 96 valence electrons. The van der Waals surface area contributed by atoms with Crippen LogP contribution in [0.25, 0.3) is 0 Å². The molecule has 1 heterocycles. The van der Waals surface area contributed by atoms with E-state index < -0.39 is 0 Å². The highest BCUT2D eigenvalue weighted by atomic mass is 19.1. The van der Waals surface area contributed by atoms with Crippen molar-refractivity contribution in [2.75, 3.05) is 0 Å². The van der Waals surface area contributed by atoms with Gasteiger partial charge in [0.2, 0.25) is 12.2 Å². The molecule has 0 spiro atoms. The quantitative estimate of drug-likeness (QED) is 0.875. The number of hydrogen-bond acceptors (Lipinski definition) is 5. The van der Waals surface area contributed by atoms with Crippen molar-refractivity contribution < 1.29 is 13.7 Å². The van der Waals surface area contributed by atoms with Crippen molar-refractivity contribution >= 4 is 0 Å². The molecule has 0 radical (unpaired) electrons. The number of nitrogens with zero attached hydrogens (tertiary/aromatic N) is 2. The van der Waals surface area contributed by atoms with Crippen LogP contribution in [0.5, 0.6) is 5.75 Å². The number of ether oxygens (including phenoxy) is 1. The van der Waals surface area contributed by atoms with Crippen LogP contribution in [0.1, 0.15) is 18.3 Å². The molecule has 5 nitrogen and oxygen atoms in total. The van der Waals surface area contributed by atoms with Gasteiger partial charge in [0.1, 0.15) is 11.6 Å². The van der Waals surface area contributed by atoms with Gasteiger partial charge in [-0.1, -0.05) is 5.16 Å². The van der Waals surface area contributed by atoms with Gasteiger partial charge in [0.05, 0.1) is 0 Å². The van der Waals surface area contributed by atoms with E-state index >= 15 is 0 Å². The minimum Gasteiger partial charge on any atom is -0.485 e. The molecule has 0 fully saturated rings. The lowest BCUT2D eigenvalue weighted by molar-refractivity contribution is 0.283. The van der Waals surface area contributed by atoms with E-state index in [1.807, 2.05) is 6.92 Å². The molecular weight excluding hydrogens is 237 g/mol. The van der Waals surface area contributed by atoms with Crippen molar-refractivity contribution in [2.24, 2.45) is 5.73 Å². The van der Waals surface area contributed by atoms with Crippen LogP contribution in [0.4, 0.5) is 4.39 Å². The zero-order valence-electron chi connectivity index (χ0n) is 9.97. The Balaban J connectivity index is 2.10. The van der Waals surface area contributed by atoms with Gasteiger partial charge < -0.3 is 15.0 Å². The predicted molar refractivity (Wildman–Crippen MR) is 62.4 cm³/mol. The normalized spacial score (nSPS) is 12.4. The molecule has 0 saturated carbocycles. The van der Waals surface area contributed by atoms with E-state index in [9.17, 15) is 4.39 Å². The Morgan fingerprint density at radius 2 is 2.33 bits per heavy atom. The van der Waals surface area contributed by atoms with Gasteiger partial charge in [0, 0.05) is 6.04 Å². The summed E-state index contributed by atoms with van der Waals surface area (Å²) in [6.07, 6.45) is 1.77. The van der Waals surface area contributed by atoms with Crippen LogP contribution in [0.15, 0.2) is 29.1 Å². The summed E-state index contributed by atoms with van der Waals surface area (Å²) >= 11 is 0. The fourth-order valence-electron chi connectivity index (χ4n) is 1.59. The van der Waals surface area contributed by atoms with Crippen molar-refractivity contribution in [3.05, 3.63) is 41.8 Å². The van der Waals surface area contributed by atoms with E-state index in [1.165, 1.54) is 18.5 Å². The molecule has 2 aromatic rings. The molecule has 0 aliphatic heterocycles. The third-order valence-corrected chi connectivity index (χ3v) is 2.33. The van der Waals surface area contributed by atoms with E-state index in [1.54, 1.807) is 6.07 Å². The lowest BCUT2D eigenvalue weighted by Gasteiger charge is -2.12. The second kappa shape index (κ2) is 5.59. The first-order valence-corrected chi connectivity index (χ1v) is 5.57. The monoisotopic (exact) mass is 251 g/mol. The summed E-state index contributed by atoms with van der Waals surface area (Å²) in [6.45, 7) is 2.03. The van der Waals surface area contributed by atoms with E-state index in [2.05, 4.69) is 14.7 Å². The van der Waals surface area contributed by atoms with Gasteiger partial charge in [-0.3, -0.25) is 0 Å². The molecule has 0 amide bonds. The summed E-state index contributed by atoms with van der Waals surface area (Å²) in [5.41, 5.74) is 6.45. The van der Waals surface area contributed by atoms with Crippen molar-refractivity contribution in [3.8, 4) is 5.75 Å². The lowest BCUT2D eigenvalue weighted by Crippen LogP contribution is -2.18. The van der Waals surface area contributed by atoms with Crippen LogP contribution in [0, 0.1) is 5.82 Å². The van der Waals surface area contributed by atoms with Gasteiger partial charge in [0.25, 0.3) is 0 Å². The highest BCUT2D eigenvalue weighted by Gasteiger charge is 2.09. The van der Waals surface area contributed by atoms with Crippen LogP contribution in [-0.4, -0.2) is 16.2 Å². The summed E-state index contributed by atoms with van der Waals surface area (Å²) in [5, 5.41) is 3.63. The third kappa shape index (κ3) is 3.27. The van der Waals surface area contributed by atoms with Crippen LogP contribution in [0.3, 0.4) is 0 Å². The van der Waals surface area contributed by atoms with Crippen LogP contribution in [0.2, 0.25) is 0 Å². The molecule has 1 unspecified atom stereocenters. The van der Waals surface area contributed by atoms with E-state index in [0.717, 1.165) is 5.56 Å². The largest absolute Gasteiger partial charge is 0.485 e. The molecule has 6 heteroatoms. The Kier molecular flexibility index (Phi) is 3.88. The number of aromatic nitrogens is 2. The smallest absolute Gasteiger partial charge is 0.213 e. The summed E-state index contributed by atoms with van der Waals surface area (Å²) in [7, 11) is 0. The first kappa shape index (κ1) is 12.5. The van der Waals surface area contributed by atoms with Gasteiger partial charge in [-0.15, -0.1) is 0 Å². The number of halogens is 1. The highest BCUT2D eigenvalue weighted by Crippen LogP contribution is 2.21. The maximum atomic E-state index is 13.2. The molecule has 2 N–H and O–H groups in total. The average molecular weight is 251 g/mol. The number of benzene rings is 1. The average Bonchev–Trinajstić information content (AvgIpc) is 2.80. The zero-order chi connectivity index (χ0) is 13.0. The number of rotatable bonds is 5. The first-order valence-electron chi connectivity index (χ1n) is 5.57. The van der Waals surface area contributed by atoms with Crippen LogP contribution in [-0.2, 0) is 13.0 Å². The Bertz CT molecular complexity index is 500. The molecule has 0 bridgehead atoms. The van der Waals surface area contributed by atoms with Crippen LogP contribution < -0.4 is 10.5 Å². The van der Waals surface area contributed by atoms with E-state index in [-0.39, 0.29) is 18.5 Å². The van der Waals surface area contributed by atoms with Crippen molar-refractivity contribution in [3.63, 3.8) is 0 Å². The first-order chi connectivity index (χ1) is 8.65. The standard InChI is InChI=1S/C12H14FN3O2/c1-8(14)4-9-5-10(13)2-3-11(9)17-6-12-15-7-18-16-12/h2-3,5,7-8H,4,6,14H2,1H3. The Morgan fingerprint density at radius 3 is 3.00 bits per heavy atom. The van der Waals surface area contributed by atoms with Crippen LogP contribution >= 0.6 is 0 Å². The Hall–Kier alpha value is -1.95. The molecule has 18 heavy (non-hydrogen) atoms. The van der Waals surface area contributed by atoms with Gasteiger partial charge >= 0.3 is 0 Å². The second-order valence-electron chi connectivity index (χ2n) is 4.07. The minimum atomic E-state index is -0.308. The fraction of sp³-hybridized carbons (Fsp3) is 0.333. The van der Waals surface area contributed by atoms with Crippen molar-refractivity contribution in [1.82, 2.24) is 10.1 Å². The SMILES string of the molecule is CC(N)Cc1cc(F)ccc1OCc1ncon1. The molecular formula is C12H14FN3O2.